The van der Waals surface area contributed by atoms with Crippen LogP contribution in [0.4, 0.5) is 4.39 Å². The second-order valence-corrected chi connectivity index (χ2v) is 6.00. The van der Waals surface area contributed by atoms with E-state index in [9.17, 15) is 9.18 Å². The summed E-state index contributed by atoms with van der Waals surface area (Å²) >= 11 is 5.94. The molecule has 1 amide bonds. The Morgan fingerprint density at radius 1 is 1.19 bits per heavy atom. The summed E-state index contributed by atoms with van der Waals surface area (Å²) < 4.78 is 19.7. The number of halogens is 2. The van der Waals surface area contributed by atoms with E-state index in [1.807, 2.05) is 0 Å². The van der Waals surface area contributed by atoms with Gasteiger partial charge in [0.2, 0.25) is 0 Å². The highest BCUT2D eigenvalue weighted by molar-refractivity contribution is 6.30. The van der Waals surface area contributed by atoms with Crippen LogP contribution in [0.15, 0.2) is 54.6 Å². The van der Waals surface area contributed by atoms with Crippen LogP contribution in [0.3, 0.4) is 0 Å². The smallest absolute Gasteiger partial charge is 0.270 e. The summed E-state index contributed by atoms with van der Waals surface area (Å²) in [6.07, 6.45) is 0. The molecule has 7 heteroatoms. The molecule has 3 aromatic rings. The van der Waals surface area contributed by atoms with Crippen LogP contribution in [0.25, 0.3) is 16.9 Å². The molecule has 0 atom stereocenters. The quantitative estimate of drug-likeness (QED) is 0.670. The van der Waals surface area contributed by atoms with Crippen LogP contribution in [0.5, 0.6) is 0 Å². The molecule has 0 spiro atoms. The number of carbonyl (C=O) groups is 1. The minimum atomic E-state index is -0.330. The van der Waals surface area contributed by atoms with E-state index in [4.69, 9.17) is 16.3 Å². The number of hydrogen-bond acceptors (Lipinski definition) is 3. The lowest BCUT2D eigenvalue weighted by molar-refractivity contribution is 0.0929. The molecule has 0 radical (unpaired) electrons. The Bertz CT molecular complexity index is 892. The first-order valence-electron chi connectivity index (χ1n) is 7.97. The average molecular weight is 374 g/mol. The van der Waals surface area contributed by atoms with Crippen molar-refractivity contribution < 1.29 is 13.9 Å². The van der Waals surface area contributed by atoms with Crippen molar-refractivity contribution in [1.29, 1.82) is 0 Å². The Morgan fingerprint density at radius 2 is 1.88 bits per heavy atom. The average Bonchev–Trinajstić information content (AvgIpc) is 3.08. The van der Waals surface area contributed by atoms with Crippen LogP contribution in [0.1, 0.15) is 10.5 Å². The van der Waals surface area contributed by atoms with Crippen LogP contribution in [0, 0.1) is 5.82 Å². The first-order valence-corrected chi connectivity index (χ1v) is 8.35. The fraction of sp³-hybridized carbons (Fsp3) is 0.158. The number of ether oxygens (including phenoxy) is 1. The molecular weight excluding hydrogens is 357 g/mol. The van der Waals surface area contributed by atoms with E-state index in [1.165, 1.54) is 16.8 Å². The van der Waals surface area contributed by atoms with Crippen molar-refractivity contribution in [1.82, 2.24) is 15.1 Å². The lowest BCUT2D eigenvalue weighted by Gasteiger charge is -2.08. The Morgan fingerprint density at radius 3 is 2.54 bits per heavy atom. The van der Waals surface area contributed by atoms with E-state index >= 15 is 0 Å². The summed E-state index contributed by atoms with van der Waals surface area (Å²) in [5, 5.41) is 7.89. The molecule has 0 saturated carbocycles. The second-order valence-electron chi connectivity index (χ2n) is 5.56. The Hall–Kier alpha value is -2.70. The number of rotatable bonds is 6. The first kappa shape index (κ1) is 18.1. The fourth-order valence-electron chi connectivity index (χ4n) is 2.44. The molecule has 0 bridgehead atoms. The maximum Gasteiger partial charge on any atom is 0.270 e. The van der Waals surface area contributed by atoms with Crippen molar-refractivity contribution in [2.75, 3.05) is 20.3 Å². The fourth-order valence-corrected chi connectivity index (χ4v) is 2.57. The number of nitrogens with one attached hydrogen (secondary N) is 1. The van der Waals surface area contributed by atoms with E-state index in [-0.39, 0.29) is 11.7 Å². The summed E-state index contributed by atoms with van der Waals surface area (Å²) in [6, 6.07) is 14.6. The number of methoxy groups -OCH3 is 1. The molecule has 5 nitrogen and oxygen atoms in total. The lowest BCUT2D eigenvalue weighted by atomic mass is 10.1. The van der Waals surface area contributed by atoms with E-state index < -0.39 is 0 Å². The normalized spacial score (nSPS) is 10.7. The van der Waals surface area contributed by atoms with Gasteiger partial charge in [0.15, 0.2) is 0 Å². The largest absolute Gasteiger partial charge is 0.383 e. The van der Waals surface area contributed by atoms with Gasteiger partial charge in [0.05, 0.1) is 18.0 Å². The molecule has 1 N–H and O–H groups in total. The summed E-state index contributed by atoms with van der Waals surface area (Å²) in [4.78, 5) is 12.6. The molecule has 134 valence electrons. The van der Waals surface area contributed by atoms with Gasteiger partial charge in [-0.1, -0.05) is 11.6 Å². The standard InChI is InChI=1S/C19H17ClFN3O2/c1-26-11-10-22-19(25)18-12-17(13-2-6-15(21)7-3-13)23-24(18)16-8-4-14(20)5-9-16/h2-9,12H,10-11H2,1H3,(H,22,25). The number of amides is 1. The molecule has 26 heavy (non-hydrogen) atoms. The van der Waals surface area contributed by atoms with E-state index in [1.54, 1.807) is 49.6 Å². The molecule has 1 heterocycles. The van der Waals surface area contributed by atoms with Crippen LogP contribution < -0.4 is 5.32 Å². The van der Waals surface area contributed by atoms with E-state index in [0.717, 1.165) is 0 Å². The van der Waals surface area contributed by atoms with Gasteiger partial charge in [-0.2, -0.15) is 5.10 Å². The molecule has 0 saturated heterocycles. The molecule has 3 rings (SSSR count). The summed E-state index contributed by atoms with van der Waals surface area (Å²) in [5.41, 5.74) is 2.34. The third-order valence-electron chi connectivity index (χ3n) is 3.74. The Balaban J connectivity index is 2.00. The number of nitrogens with zero attached hydrogens (tertiary/aromatic N) is 2. The number of benzene rings is 2. The molecule has 0 fully saturated rings. The van der Waals surface area contributed by atoms with Gasteiger partial charge in [0.1, 0.15) is 11.5 Å². The highest BCUT2D eigenvalue weighted by Gasteiger charge is 2.17. The van der Waals surface area contributed by atoms with Crippen molar-refractivity contribution in [2.45, 2.75) is 0 Å². The van der Waals surface area contributed by atoms with Crippen LogP contribution in [0.2, 0.25) is 5.02 Å². The minimum Gasteiger partial charge on any atom is -0.383 e. The Labute approximate surface area is 155 Å². The molecule has 0 aliphatic rings. The zero-order valence-electron chi connectivity index (χ0n) is 14.1. The molecule has 0 unspecified atom stereocenters. The van der Waals surface area contributed by atoms with E-state index in [0.29, 0.717) is 40.8 Å². The van der Waals surface area contributed by atoms with Gasteiger partial charge in [-0.15, -0.1) is 0 Å². The lowest BCUT2D eigenvalue weighted by Crippen LogP contribution is -2.28. The zero-order chi connectivity index (χ0) is 18.5. The van der Waals surface area contributed by atoms with Gasteiger partial charge < -0.3 is 10.1 Å². The zero-order valence-corrected chi connectivity index (χ0v) is 14.8. The second kappa shape index (κ2) is 8.12. The molecule has 0 aliphatic heterocycles. The number of carbonyl (C=O) groups excluding carboxylic acids is 1. The summed E-state index contributed by atoms with van der Waals surface area (Å²) in [5.74, 6) is -0.610. The molecule has 1 aromatic heterocycles. The highest BCUT2D eigenvalue weighted by atomic mass is 35.5. The summed E-state index contributed by atoms with van der Waals surface area (Å²) in [6.45, 7) is 0.790. The van der Waals surface area contributed by atoms with Crippen molar-refractivity contribution in [3.8, 4) is 16.9 Å². The van der Waals surface area contributed by atoms with Gasteiger partial charge in [-0.3, -0.25) is 4.79 Å². The third-order valence-corrected chi connectivity index (χ3v) is 4.00. The van der Waals surface area contributed by atoms with Gasteiger partial charge in [-0.05, 0) is 54.6 Å². The number of aromatic nitrogens is 2. The molecular formula is C19H17ClFN3O2. The summed E-state index contributed by atoms with van der Waals surface area (Å²) in [7, 11) is 1.57. The van der Waals surface area contributed by atoms with Gasteiger partial charge in [-0.25, -0.2) is 9.07 Å². The SMILES string of the molecule is COCCNC(=O)c1cc(-c2ccc(F)cc2)nn1-c1ccc(Cl)cc1. The number of hydrogen-bond donors (Lipinski definition) is 1. The van der Waals surface area contributed by atoms with Crippen molar-refractivity contribution in [3.05, 3.63) is 71.1 Å². The van der Waals surface area contributed by atoms with Crippen LogP contribution >= 0.6 is 11.6 Å². The topological polar surface area (TPSA) is 56.1 Å². The van der Waals surface area contributed by atoms with Crippen molar-refractivity contribution in [3.63, 3.8) is 0 Å². The monoisotopic (exact) mass is 373 g/mol. The Kier molecular flexibility index (Phi) is 5.65. The third kappa shape index (κ3) is 4.09. The van der Waals surface area contributed by atoms with Gasteiger partial charge in [0, 0.05) is 24.2 Å². The van der Waals surface area contributed by atoms with E-state index in [2.05, 4.69) is 10.4 Å². The molecule has 2 aromatic carbocycles. The van der Waals surface area contributed by atoms with Crippen molar-refractivity contribution >= 4 is 17.5 Å². The minimum absolute atomic E-state index is 0.280. The van der Waals surface area contributed by atoms with Crippen molar-refractivity contribution in [2.24, 2.45) is 0 Å². The predicted molar refractivity (Wildman–Crippen MR) is 98.2 cm³/mol. The maximum atomic E-state index is 13.2. The van der Waals surface area contributed by atoms with Crippen LogP contribution in [-0.2, 0) is 4.74 Å². The highest BCUT2D eigenvalue weighted by Crippen LogP contribution is 2.23. The maximum absolute atomic E-state index is 13.2. The van der Waals surface area contributed by atoms with Gasteiger partial charge >= 0.3 is 0 Å². The first-order chi connectivity index (χ1) is 12.6. The van der Waals surface area contributed by atoms with Crippen LogP contribution in [-0.4, -0.2) is 35.9 Å². The molecule has 0 aliphatic carbocycles. The predicted octanol–water partition coefficient (Wildman–Crippen LogP) is 3.71. The van der Waals surface area contributed by atoms with Gasteiger partial charge in [0.25, 0.3) is 5.91 Å².